The molecule has 2 bridgehead atoms. The number of anilines is 1. The van der Waals surface area contributed by atoms with Gasteiger partial charge in [-0.1, -0.05) is 37.3 Å². The Kier molecular flexibility index (Phi) is 8.57. The fourth-order valence-corrected chi connectivity index (χ4v) is 13.1. The zero-order valence-electron chi connectivity index (χ0n) is 36.7. The molecule has 14 heteroatoms. The van der Waals surface area contributed by atoms with Crippen molar-refractivity contribution in [3.8, 4) is 5.75 Å². The Hall–Kier alpha value is -4.53. The fraction of sp³-hybridized carbons (Fsp3) is 0.578. The SMILES string of the molecule is [2H]O[C@@]1(C(=O)OC)C2N(C)c3cc(OC)c([C@@]4(C(=O)OC)CC5C[C@@H](C(C)(F)F)CN(Cc6c4n([2H])c4ccccc64)C5)cc3[C@@]23CCN2CC=C[C@](CC)(C23)[C@H]1OC(C)=O. The van der Waals surface area contributed by atoms with Crippen molar-refractivity contribution in [2.24, 2.45) is 17.3 Å². The molecule has 6 heterocycles. The molecule has 6 aliphatic rings. The molecule has 1 aromatic heterocycles. The maximum Gasteiger partial charge on any atom is 0.344 e. The van der Waals surface area contributed by atoms with Crippen molar-refractivity contribution in [3.63, 3.8) is 0 Å². The number of esters is 3. The number of carbonyl (C=O) groups is 3. The predicted molar refractivity (Wildman–Crippen MR) is 214 cm³/mol. The number of benzene rings is 2. The first-order chi connectivity index (χ1) is 29.0. The number of ether oxygens (including phenoxy) is 4. The molecule has 9 rings (SSSR count). The molecule has 2 N–H and O–H groups in total. The highest BCUT2D eigenvalue weighted by molar-refractivity contribution is 5.95. The van der Waals surface area contributed by atoms with E-state index in [-0.39, 0.29) is 25.9 Å². The lowest BCUT2D eigenvalue weighted by molar-refractivity contribution is -0.228. The molecule has 4 unspecified atom stereocenters. The van der Waals surface area contributed by atoms with Gasteiger partial charge in [0.15, 0.2) is 7.52 Å². The number of carbonyl (C=O) groups excluding carboxylic acids is 3. The lowest BCUT2D eigenvalue weighted by Gasteiger charge is -2.63. The number of rotatable bonds is 8. The van der Waals surface area contributed by atoms with Crippen LogP contribution in [0.15, 0.2) is 48.6 Å². The predicted octanol–water partition coefficient (Wildman–Crippen LogP) is 5.08. The van der Waals surface area contributed by atoms with E-state index in [0.717, 1.165) is 17.9 Å². The third-order valence-corrected chi connectivity index (χ3v) is 15.2. The number of piperidine rings is 1. The quantitative estimate of drug-likeness (QED) is 0.179. The molecule has 1 spiro atoms. The van der Waals surface area contributed by atoms with E-state index >= 15 is 13.6 Å². The molecule has 1 saturated carbocycles. The number of hydrogen-bond acceptors (Lipinski definition) is 11. The molecule has 2 aromatic carbocycles. The number of H-pyrrole nitrogens is 1. The van der Waals surface area contributed by atoms with E-state index in [0.29, 0.717) is 66.3 Å². The van der Waals surface area contributed by atoms with Gasteiger partial charge in [-0.3, -0.25) is 19.4 Å². The number of para-hydroxylation sites is 1. The molecular weight excluding hydrogens is 763 g/mol. The van der Waals surface area contributed by atoms with E-state index in [1.54, 1.807) is 0 Å². The van der Waals surface area contributed by atoms with Gasteiger partial charge in [0.1, 0.15) is 11.2 Å². The van der Waals surface area contributed by atoms with Crippen molar-refractivity contribution in [1.29, 1.82) is 1.43 Å². The Bertz CT molecular complexity index is 2360. The van der Waals surface area contributed by atoms with Crippen LogP contribution in [0.3, 0.4) is 0 Å². The third-order valence-electron chi connectivity index (χ3n) is 15.2. The summed E-state index contributed by atoms with van der Waals surface area (Å²) in [5.41, 5.74) is -2.55. The number of aromatic nitrogens is 1. The van der Waals surface area contributed by atoms with Gasteiger partial charge in [0.2, 0.25) is 13.0 Å². The number of hydrogen-bond donors (Lipinski definition) is 2. The number of aromatic amines is 1. The minimum Gasteiger partial charge on any atom is -0.496 e. The average Bonchev–Trinajstić information content (AvgIpc) is 3.85. The molecule has 0 radical (unpaired) electrons. The topological polar surface area (TPSA) is 134 Å². The van der Waals surface area contributed by atoms with Crippen LogP contribution in [-0.2, 0) is 46.0 Å². The minimum absolute atomic E-state index is 0.0417. The fourth-order valence-electron chi connectivity index (χ4n) is 13.1. The molecule has 0 amide bonds. The Morgan fingerprint density at radius 1 is 1.08 bits per heavy atom. The van der Waals surface area contributed by atoms with Gasteiger partial charge in [0.05, 0.1) is 27.4 Å². The van der Waals surface area contributed by atoms with E-state index in [1.165, 1.54) is 33.2 Å². The van der Waals surface area contributed by atoms with Gasteiger partial charge in [-0.05, 0) is 68.3 Å². The number of fused-ring (bicyclic) bond motifs is 6. The zero-order chi connectivity index (χ0) is 43.6. The van der Waals surface area contributed by atoms with Crippen molar-refractivity contribution >= 4 is 34.5 Å². The summed E-state index contributed by atoms with van der Waals surface area (Å²) < 4.78 is 73.3. The van der Waals surface area contributed by atoms with Crippen LogP contribution in [-0.4, -0.2) is 123 Å². The first-order valence-electron chi connectivity index (χ1n) is 21.5. The van der Waals surface area contributed by atoms with Crippen LogP contribution in [0, 0.1) is 17.3 Å². The summed E-state index contributed by atoms with van der Waals surface area (Å²) in [5.74, 6) is -6.24. The van der Waals surface area contributed by atoms with Gasteiger partial charge in [-0.15, -0.1) is 0 Å². The maximum atomic E-state index is 15.4. The molecule has 10 atom stereocenters. The minimum atomic E-state index is -2.98. The second-order valence-corrected chi connectivity index (χ2v) is 17.9. The van der Waals surface area contributed by atoms with Gasteiger partial charge < -0.3 is 33.9 Å². The van der Waals surface area contributed by atoms with Crippen molar-refractivity contribution in [2.75, 3.05) is 59.5 Å². The van der Waals surface area contributed by atoms with Gasteiger partial charge in [-0.2, -0.15) is 0 Å². The van der Waals surface area contributed by atoms with Crippen LogP contribution in [0.1, 0.15) is 68.8 Å². The van der Waals surface area contributed by atoms with Crippen molar-refractivity contribution in [3.05, 3.63) is 70.9 Å². The number of likely N-dealkylation sites (N-methyl/N-ethyl adjacent to an activating group) is 1. The first kappa shape index (κ1) is 37.5. The van der Waals surface area contributed by atoms with Crippen molar-refractivity contribution < 1.29 is 48.6 Å². The second-order valence-electron chi connectivity index (χ2n) is 17.9. The summed E-state index contributed by atoms with van der Waals surface area (Å²) in [6.07, 6.45) is 3.82. The molecule has 1 aliphatic carbocycles. The molecule has 5 aliphatic heterocycles. The lowest BCUT2D eigenvalue weighted by Crippen LogP contribution is -2.81. The summed E-state index contributed by atoms with van der Waals surface area (Å²) in [7, 11) is 5.85. The number of nitrogens with one attached hydrogen (secondary N) is 1. The molecule has 12 nitrogen and oxygen atoms in total. The van der Waals surface area contributed by atoms with E-state index in [1.807, 2.05) is 72.3 Å². The lowest BCUT2D eigenvalue weighted by atomic mass is 9.47. The van der Waals surface area contributed by atoms with Crippen LogP contribution in [0.25, 0.3) is 10.9 Å². The van der Waals surface area contributed by atoms with Gasteiger partial charge in [-0.25, -0.2) is 13.6 Å². The van der Waals surface area contributed by atoms with E-state index in [9.17, 15) is 11.0 Å². The highest BCUT2D eigenvalue weighted by Crippen LogP contribution is 2.68. The second kappa shape index (κ2) is 13.5. The molecule has 3 fully saturated rings. The van der Waals surface area contributed by atoms with E-state index < -0.39 is 75.7 Å². The highest BCUT2D eigenvalue weighted by Gasteiger charge is 2.80. The number of methoxy groups -OCH3 is 3. The number of aliphatic hydroxyl groups is 1. The van der Waals surface area contributed by atoms with Crippen LogP contribution in [0.4, 0.5) is 14.5 Å². The summed E-state index contributed by atoms with van der Waals surface area (Å²) >= 11 is 0. The van der Waals surface area contributed by atoms with E-state index in [2.05, 4.69) is 4.90 Å². The van der Waals surface area contributed by atoms with Crippen LogP contribution < -0.4 is 9.64 Å². The number of halogens is 2. The van der Waals surface area contributed by atoms with Crippen molar-refractivity contribution in [1.82, 2.24) is 14.8 Å². The summed E-state index contributed by atoms with van der Waals surface area (Å²) in [6, 6.07) is 9.84. The molecule has 316 valence electrons. The molecule has 59 heavy (non-hydrogen) atoms. The van der Waals surface area contributed by atoms with E-state index in [4.69, 9.17) is 25.5 Å². The Balaban J connectivity index is 1.38. The molecular formula is C45H54F2N4O8. The van der Waals surface area contributed by atoms with Crippen LogP contribution in [0.2, 0.25) is 1.41 Å². The van der Waals surface area contributed by atoms with Crippen LogP contribution >= 0.6 is 0 Å². The Morgan fingerprint density at radius 3 is 2.53 bits per heavy atom. The number of alkyl halides is 2. The Morgan fingerprint density at radius 2 is 1.85 bits per heavy atom. The normalized spacial score (nSPS) is 36.3. The van der Waals surface area contributed by atoms with Gasteiger partial charge in [0, 0.05) is 96.9 Å². The monoisotopic (exact) mass is 818 g/mol. The standard InChI is InChI=1S/C45H54F2N4O8/c1-8-42-14-11-16-51-17-15-43(36(42)51)30-19-31(34(56-5)20-33(30)49(4)37(43)45(55,40(54)58-7)38(42)59-25(2)52)44(39(53)57-6)21-26-18-27(41(3,46)47)23-50(22-26)24-29-28-12-9-10-13-32(28)48-35(29)44/h9-14,19-20,26-27,36-38,48,55H,8,15-18,21-24H2,1-7H3/t26?,27-,36?,37?,38-,42-,43-,44+,45+/m1/s1/i55D/hD. The maximum absolute atomic E-state index is 15.4. The Labute approximate surface area is 345 Å². The third kappa shape index (κ3) is 5.17. The average molecular weight is 819 g/mol. The van der Waals surface area contributed by atoms with Crippen LogP contribution in [0.5, 0.6) is 5.75 Å². The van der Waals surface area contributed by atoms with Gasteiger partial charge >= 0.3 is 17.9 Å². The number of nitrogens with zero attached hydrogens (tertiary/aromatic N) is 3. The van der Waals surface area contributed by atoms with Crippen molar-refractivity contribution in [2.45, 2.75) is 93.5 Å². The molecule has 2 saturated heterocycles. The zero-order valence-corrected chi connectivity index (χ0v) is 34.7. The summed E-state index contributed by atoms with van der Waals surface area (Å²) in [4.78, 5) is 50.6. The molecule has 3 aromatic rings. The largest absolute Gasteiger partial charge is 0.496 e. The first-order valence-corrected chi connectivity index (χ1v) is 20.6. The smallest absolute Gasteiger partial charge is 0.344 e. The summed E-state index contributed by atoms with van der Waals surface area (Å²) in [6.45, 7) is 6.22. The highest BCUT2D eigenvalue weighted by atomic mass is 19.3. The summed E-state index contributed by atoms with van der Waals surface area (Å²) in [5, 5.41) is 6.51. The van der Waals surface area contributed by atoms with Gasteiger partial charge in [0.25, 0.3) is 0 Å².